The van der Waals surface area contributed by atoms with Gasteiger partial charge in [-0.15, -0.1) is 10.2 Å². The van der Waals surface area contributed by atoms with Crippen molar-refractivity contribution in [2.24, 2.45) is 11.3 Å². The van der Waals surface area contributed by atoms with Gasteiger partial charge in [-0.2, -0.15) is 0 Å². The topological polar surface area (TPSA) is 110 Å². The van der Waals surface area contributed by atoms with Crippen molar-refractivity contribution in [1.82, 2.24) is 20.1 Å². The van der Waals surface area contributed by atoms with Gasteiger partial charge in [-0.1, -0.05) is 65.0 Å². The number of fused-ring (bicyclic) bond motifs is 1. The van der Waals surface area contributed by atoms with Crippen LogP contribution in [-0.4, -0.2) is 26.0 Å². The second-order valence-corrected chi connectivity index (χ2v) is 10.6. The molecule has 0 saturated heterocycles. The molecule has 0 aliphatic carbocycles. The van der Waals surface area contributed by atoms with Crippen molar-refractivity contribution in [3.05, 3.63) is 70.5 Å². The number of rotatable bonds is 6. The smallest absolute Gasteiger partial charge is 0.405 e. The van der Waals surface area contributed by atoms with Crippen molar-refractivity contribution in [3.8, 4) is 22.6 Å². The maximum atomic E-state index is 14.0. The fraction of sp³-hybridized carbons (Fsp3) is 0.357. The fourth-order valence-electron chi connectivity index (χ4n) is 4.58. The summed E-state index contributed by atoms with van der Waals surface area (Å²) in [6.07, 6.45) is -1.15. The Hall–Kier alpha value is -3.94. The van der Waals surface area contributed by atoms with Gasteiger partial charge < -0.3 is 19.4 Å². The Labute approximate surface area is 210 Å². The summed E-state index contributed by atoms with van der Waals surface area (Å²) in [4.78, 5) is 25.9. The zero-order valence-corrected chi connectivity index (χ0v) is 21.5. The first kappa shape index (κ1) is 25.2. The monoisotopic (exact) mass is 488 g/mol. The third-order valence-electron chi connectivity index (χ3n) is 6.10. The van der Waals surface area contributed by atoms with E-state index in [-0.39, 0.29) is 11.5 Å². The van der Waals surface area contributed by atoms with Gasteiger partial charge in [0.2, 0.25) is 11.8 Å². The quantitative estimate of drug-likeness (QED) is 0.342. The molecule has 36 heavy (non-hydrogen) atoms. The number of aromatic nitrogens is 3. The molecule has 0 spiro atoms. The second kappa shape index (κ2) is 9.60. The Bertz CT molecular complexity index is 1460. The van der Waals surface area contributed by atoms with Gasteiger partial charge >= 0.3 is 6.09 Å². The summed E-state index contributed by atoms with van der Waals surface area (Å²) >= 11 is 0. The average Bonchev–Trinajstić information content (AvgIpc) is 3.25. The van der Waals surface area contributed by atoms with E-state index >= 15 is 0 Å². The van der Waals surface area contributed by atoms with Crippen molar-refractivity contribution >= 4 is 16.9 Å². The molecule has 0 aliphatic heterocycles. The van der Waals surface area contributed by atoms with Gasteiger partial charge in [-0.05, 0) is 40.5 Å². The van der Waals surface area contributed by atoms with Crippen LogP contribution < -0.4 is 10.9 Å². The summed E-state index contributed by atoms with van der Waals surface area (Å²) in [7, 11) is 0. The van der Waals surface area contributed by atoms with Crippen LogP contribution in [0.4, 0.5) is 4.79 Å². The van der Waals surface area contributed by atoms with Crippen LogP contribution in [0.5, 0.6) is 0 Å². The van der Waals surface area contributed by atoms with Gasteiger partial charge in [-0.25, -0.2) is 4.79 Å². The zero-order chi connectivity index (χ0) is 26.2. The molecule has 2 heterocycles. The number of carboxylic acid groups (broad SMARTS) is 1. The molecule has 1 unspecified atom stereocenters. The molecule has 2 N–H and O–H groups in total. The van der Waals surface area contributed by atoms with Gasteiger partial charge in [0.1, 0.15) is 0 Å². The van der Waals surface area contributed by atoms with Crippen LogP contribution >= 0.6 is 0 Å². The van der Waals surface area contributed by atoms with Crippen LogP contribution in [0.25, 0.3) is 33.4 Å². The maximum Gasteiger partial charge on any atom is 0.405 e. The van der Waals surface area contributed by atoms with E-state index in [0.717, 1.165) is 11.1 Å². The minimum Gasteiger partial charge on any atom is -0.465 e. The Morgan fingerprint density at radius 2 is 1.75 bits per heavy atom. The highest BCUT2D eigenvalue weighted by Gasteiger charge is 2.34. The molecular weight excluding hydrogens is 456 g/mol. The van der Waals surface area contributed by atoms with Gasteiger partial charge in [-0.3, -0.25) is 4.79 Å². The van der Waals surface area contributed by atoms with Crippen molar-refractivity contribution in [1.29, 1.82) is 0 Å². The molecule has 0 saturated carbocycles. The second-order valence-electron chi connectivity index (χ2n) is 10.6. The summed E-state index contributed by atoms with van der Waals surface area (Å²) < 4.78 is 7.41. The lowest BCUT2D eigenvalue weighted by Gasteiger charge is -2.35. The standard InChI is InChI=1S/C28H32N4O4/c1-16(2)15-32-23(24(28(4,5)6)29-27(34)35)22(18-10-8-7-9-11-18)21-14-19(12-13-20(21)26(32)33)25-31-30-17(3)36-25/h7-14,16,24,29H,15H2,1-6H3,(H,34,35). The van der Waals surface area contributed by atoms with E-state index in [1.54, 1.807) is 17.6 Å². The molecule has 4 aromatic rings. The first-order chi connectivity index (χ1) is 17.0. The highest BCUT2D eigenvalue weighted by molar-refractivity contribution is 5.99. The van der Waals surface area contributed by atoms with E-state index in [4.69, 9.17) is 4.42 Å². The number of aryl methyl sites for hydroxylation is 1. The van der Waals surface area contributed by atoms with Crippen molar-refractivity contribution < 1.29 is 14.3 Å². The van der Waals surface area contributed by atoms with Gasteiger partial charge in [0.25, 0.3) is 5.56 Å². The van der Waals surface area contributed by atoms with E-state index in [1.165, 1.54) is 0 Å². The zero-order valence-electron chi connectivity index (χ0n) is 21.5. The number of nitrogens with zero attached hydrogens (tertiary/aromatic N) is 3. The molecule has 2 aromatic carbocycles. The molecule has 1 amide bonds. The molecule has 0 fully saturated rings. The van der Waals surface area contributed by atoms with E-state index in [2.05, 4.69) is 15.5 Å². The summed E-state index contributed by atoms with van der Waals surface area (Å²) in [6, 6.07) is 14.6. The molecule has 0 bridgehead atoms. The van der Waals surface area contributed by atoms with E-state index in [9.17, 15) is 14.7 Å². The Morgan fingerprint density at radius 3 is 2.31 bits per heavy atom. The SMILES string of the molecule is Cc1nnc(-c2ccc3c(=O)n(CC(C)C)c(C(NC(=O)O)C(C)(C)C)c(-c4ccccc4)c3c2)o1. The summed E-state index contributed by atoms with van der Waals surface area (Å²) in [5.41, 5.74) is 2.32. The van der Waals surface area contributed by atoms with E-state index < -0.39 is 17.6 Å². The van der Waals surface area contributed by atoms with Crippen molar-refractivity contribution in [2.75, 3.05) is 0 Å². The first-order valence-corrected chi connectivity index (χ1v) is 12.0. The van der Waals surface area contributed by atoms with Gasteiger partial charge in [0, 0.05) is 30.0 Å². The van der Waals surface area contributed by atoms with Crippen LogP contribution in [-0.2, 0) is 6.54 Å². The number of benzene rings is 2. The summed E-state index contributed by atoms with van der Waals surface area (Å²) in [5.74, 6) is 0.964. The molecule has 0 aliphatic rings. The highest BCUT2D eigenvalue weighted by atomic mass is 16.4. The minimum absolute atomic E-state index is 0.161. The molecule has 188 valence electrons. The van der Waals surface area contributed by atoms with Gasteiger partial charge in [0.05, 0.1) is 11.7 Å². The molecule has 8 heteroatoms. The van der Waals surface area contributed by atoms with Crippen molar-refractivity contribution in [2.45, 2.75) is 54.1 Å². The van der Waals surface area contributed by atoms with Crippen LogP contribution in [0.3, 0.4) is 0 Å². The normalized spacial score (nSPS) is 12.8. The number of amides is 1. The number of pyridine rings is 1. The van der Waals surface area contributed by atoms with E-state index in [1.807, 2.05) is 77.1 Å². The minimum atomic E-state index is -1.15. The highest BCUT2D eigenvalue weighted by Crippen LogP contribution is 2.41. The largest absolute Gasteiger partial charge is 0.465 e. The lowest BCUT2D eigenvalue weighted by Crippen LogP contribution is -2.40. The fourth-order valence-corrected chi connectivity index (χ4v) is 4.58. The predicted molar refractivity (Wildman–Crippen MR) is 140 cm³/mol. The first-order valence-electron chi connectivity index (χ1n) is 12.0. The van der Waals surface area contributed by atoms with Crippen molar-refractivity contribution in [3.63, 3.8) is 0 Å². The van der Waals surface area contributed by atoms with Gasteiger partial charge in [0.15, 0.2) is 0 Å². The number of hydrogen-bond donors (Lipinski definition) is 2. The maximum absolute atomic E-state index is 14.0. The third-order valence-corrected chi connectivity index (χ3v) is 6.10. The van der Waals surface area contributed by atoms with Crippen LogP contribution in [0.2, 0.25) is 0 Å². The lowest BCUT2D eigenvalue weighted by molar-refractivity contribution is 0.172. The number of hydrogen-bond acceptors (Lipinski definition) is 5. The van der Waals surface area contributed by atoms with Crippen LogP contribution in [0.1, 0.15) is 52.2 Å². The number of nitrogens with one attached hydrogen (secondary N) is 1. The molecule has 8 nitrogen and oxygen atoms in total. The number of carbonyl (C=O) groups is 1. The Balaban J connectivity index is 2.20. The lowest BCUT2D eigenvalue weighted by atomic mass is 9.80. The summed E-state index contributed by atoms with van der Waals surface area (Å²) in [5, 5.41) is 21.9. The molecule has 1 atom stereocenters. The Kier molecular flexibility index (Phi) is 6.71. The predicted octanol–water partition coefficient (Wildman–Crippen LogP) is 6.04. The summed E-state index contributed by atoms with van der Waals surface area (Å²) in [6.45, 7) is 12.2. The Morgan fingerprint density at radius 1 is 1.06 bits per heavy atom. The van der Waals surface area contributed by atoms with Crippen LogP contribution in [0, 0.1) is 18.3 Å². The van der Waals surface area contributed by atoms with E-state index in [0.29, 0.717) is 40.4 Å². The molecule has 4 rings (SSSR count). The van der Waals surface area contributed by atoms with Crippen LogP contribution in [0.15, 0.2) is 57.7 Å². The average molecular weight is 489 g/mol. The molecule has 0 radical (unpaired) electrons. The molecule has 2 aromatic heterocycles. The molecular formula is C28H32N4O4. The third kappa shape index (κ3) is 4.89.